The lowest BCUT2D eigenvalue weighted by Gasteiger charge is -2.36. The van der Waals surface area contributed by atoms with Crippen LogP contribution in [0.4, 0.5) is 15.0 Å². The van der Waals surface area contributed by atoms with Crippen LogP contribution in [0.15, 0.2) is 12.3 Å². The molecule has 8 nitrogen and oxygen atoms in total. The fourth-order valence-electron chi connectivity index (χ4n) is 1.69. The van der Waals surface area contributed by atoms with E-state index in [2.05, 4.69) is 53.7 Å². The third-order valence-electron chi connectivity index (χ3n) is 4.29. The van der Waals surface area contributed by atoms with Gasteiger partial charge in [0.1, 0.15) is 0 Å². The van der Waals surface area contributed by atoms with E-state index in [0.29, 0.717) is 6.61 Å². The van der Waals surface area contributed by atoms with Gasteiger partial charge in [-0.05, 0) is 24.2 Å². The maximum absolute atomic E-state index is 14.3. The van der Waals surface area contributed by atoms with Crippen LogP contribution < -0.4 is 10.6 Å². The highest BCUT2D eigenvalue weighted by Crippen LogP contribution is 2.36. The van der Waals surface area contributed by atoms with Crippen molar-refractivity contribution in [1.82, 2.24) is 10.3 Å². The van der Waals surface area contributed by atoms with Crippen LogP contribution in [0.5, 0.6) is 0 Å². The molecule has 1 rings (SSSR count). The smallest absolute Gasteiger partial charge is 0.320 e. The SMILES string of the molecule is CC(C)(C)[Si](C)(C)OCCNC(=O)Nc1nccc(COS(C)(=O)=O)c1F. The molecule has 154 valence electrons. The Morgan fingerprint density at radius 3 is 2.52 bits per heavy atom. The minimum atomic E-state index is -3.71. The molecule has 1 aromatic rings. The number of anilines is 1. The average molecular weight is 422 g/mol. The standard InChI is InChI=1S/C16H28FN3O5SSi/c1-16(2,3)27(5,6)25-10-9-19-15(21)20-14-13(17)12(7-8-18-14)11-24-26(4,22)23/h7-8H,9-11H2,1-6H3,(H2,18,19,20,21). The Morgan fingerprint density at radius 1 is 1.33 bits per heavy atom. The summed E-state index contributed by atoms with van der Waals surface area (Å²) in [4.78, 5) is 15.7. The molecule has 0 atom stereocenters. The summed E-state index contributed by atoms with van der Waals surface area (Å²) in [5.74, 6) is -1.17. The maximum Gasteiger partial charge on any atom is 0.320 e. The number of hydrogen-bond acceptors (Lipinski definition) is 6. The topological polar surface area (TPSA) is 107 Å². The van der Waals surface area contributed by atoms with Crippen LogP contribution in [0.3, 0.4) is 0 Å². The first-order chi connectivity index (χ1) is 12.2. The third-order valence-corrected chi connectivity index (χ3v) is 9.37. The fourth-order valence-corrected chi connectivity index (χ4v) is 3.08. The normalized spacial score (nSPS) is 12.7. The van der Waals surface area contributed by atoms with Gasteiger partial charge in [-0.25, -0.2) is 14.2 Å². The molecule has 0 aliphatic carbocycles. The summed E-state index contributed by atoms with van der Waals surface area (Å²) in [6.45, 7) is 10.7. The third kappa shape index (κ3) is 7.91. The number of aromatic nitrogens is 1. The molecule has 0 aromatic carbocycles. The molecule has 0 unspecified atom stereocenters. The first-order valence-electron chi connectivity index (χ1n) is 8.39. The molecular formula is C16H28FN3O5SSi. The minimum Gasteiger partial charge on any atom is -0.415 e. The predicted molar refractivity (Wildman–Crippen MR) is 104 cm³/mol. The molecular weight excluding hydrogens is 393 g/mol. The largest absolute Gasteiger partial charge is 0.415 e. The van der Waals surface area contributed by atoms with E-state index in [9.17, 15) is 17.6 Å². The minimum absolute atomic E-state index is 0.0352. The van der Waals surface area contributed by atoms with E-state index in [1.807, 2.05) is 0 Å². The second-order valence-corrected chi connectivity index (χ2v) is 14.0. The average Bonchev–Trinajstić information content (AvgIpc) is 2.50. The zero-order valence-corrected chi connectivity index (χ0v) is 18.4. The van der Waals surface area contributed by atoms with Gasteiger partial charge in [0, 0.05) is 18.3 Å². The highest BCUT2D eigenvalue weighted by atomic mass is 32.2. The number of carbonyl (C=O) groups is 1. The molecule has 2 N–H and O–H groups in total. The first-order valence-corrected chi connectivity index (χ1v) is 13.1. The molecule has 27 heavy (non-hydrogen) atoms. The summed E-state index contributed by atoms with van der Waals surface area (Å²) in [5.41, 5.74) is -0.0352. The van der Waals surface area contributed by atoms with Crippen LogP contribution in [0.1, 0.15) is 26.3 Å². The van der Waals surface area contributed by atoms with Gasteiger partial charge >= 0.3 is 6.03 Å². The summed E-state index contributed by atoms with van der Waals surface area (Å²) >= 11 is 0. The Morgan fingerprint density at radius 2 is 1.96 bits per heavy atom. The molecule has 0 bridgehead atoms. The Balaban J connectivity index is 2.56. The number of carbonyl (C=O) groups excluding carboxylic acids is 1. The quantitative estimate of drug-likeness (QED) is 0.380. The van der Waals surface area contributed by atoms with Crippen molar-refractivity contribution in [2.24, 2.45) is 0 Å². The van der Waals surface area contributed by atoms with Crippen molar-refractivity contribution >= 4 is 30.3 Å². The van der Waals surface area contributed by atoms with Crippen LogP contribution in [-0.4, -0.2) is 47.2 Å². The van der Waals surface area contributed by atoms with Crippen LogP contribution in [0.25, 0.3) is 0 Å². The fraction of sp³-hybridized carbons (Fsp3) is 0.625. The van der Waals surface area contributed by atoms with Crippen LogP contribution in [0, 0.1) is 5.82 Å². The number of pyridine rings is 1. The lowest BCUT2D eigenvalue weighted by molar-refractivity contribution is 0.244. The Labute approximate surface area is 161 Å². The highest BCUT2D eigenvalue weighted by molar-refractivity contribution is 7.85. The van der Waals surface area contributed by atoms with E-state index in [1.165, 1.54) is 12.3 Å². The van der Waals surface area contributed by atoms with E-state index >= 15 is 0 Å². The zero-order chi connectivity index (χ0) is 20.9. The Kier molecular flexibility index (Phi) is 7.90. The number of rotatable bonds is 8. The number of nitrogens with zero attached hydrogens (tertiary/aromatic N) is 1. The van der Waals surface area contributed by atoms with Crippen molar-refractivity contribution in [2.45, 2.75) is 45.5 Å². The Bertz CT molecular complexity index is 766. The first kappa shape index (κ1) is 23.5. The van der Waals surface area contributed by atoms with Crippen LogP contribution in [-0.2, 0) is 25.3 Å². The summed E-state index contributed by atoms with van der Waals surface area (Å²) in [5, 5.41) is 4.93. The Hall–Kier alpha value is -1.56. The molecule has 0 spiro atoms. The van der Waals surface area contributed by atoms with Crippen molar-refractivity contribution < 1.29 is 26.2 Å². The van der Waals surface area contributed by atoms with Crippen molar-refractivity contribution in [1.29, 1.82) is 0 Å². The lowest BCUT2D eigenvalue weighted by Crippen LogP contribution is -2.43. The number of hydrogen-bond donors (Lipinski definition) is 2. The van der Waals surface area contributed by atoms with Gasteiger partial charge in [0.15, 0.2) is 20.0 Å². The predicted octanol–water partition coefficient (Wildman–Crippen LogP) is 2.84. The van der Waals surface area contributed by atoms with E-state index in [4.69, 9.17) is 4.43 Å². The van der Waals surface area contributed by atoms with Gasteiger partial charge in [-0.1, -0.05) is 20.8 Å². The molecule has 0 saturated carbocycles. The van der Waals surface area contributed by atoms with Gasteiger partial charge in [0.05, 0.1) is 19.5 Å². The van der Waals surface area contributed by atoms with Gasteiger partial charge in [-0.3, -0.25) is 9.50 Å². The van der Waals surface area contributed by atoms with Gasteiger partial charge in [-0.15, -0.1) is 0 Å². The summed E-state index contributed by atoms with van der Waals surface area (Å²) in [6, 6.07) is 0.637. The van der Waals surface area contributed by atoms with E-state index in [0.717, 1.165) is 6.26 Å². The van der Waals surface area contributed by atoms with Crippen LogP contribution in [0.2, 0.25) is 18.1 Å². The zero-order valence-electron chi connectivity index (χ0n) is 16.6. The summed E-state index contributed by atoms with van der Waals surface area (Å²) in [6.07, 6.45) is 2.12. The summed E-state index contributed by atoms with van der Waals surface area (Å²) in [7, 11) is -5.61. The van der Waals surface area contributed by atoms with Crippen molar-refractivity contribution in [2.75, 3.05) is 24.7 Å². The van der Waals surface area contributed by atoms with E-state index < -0.39 is 36.9 Å². The van der Waals surface area contributed by atoms with E-state index in [-0.39, 0.29) is 23.0 Å². The van der Waals surface area contributed by atoms with Gasteiger partial charge < -0.3 is 9.74 Å². The summed E-state index contributed by atoms with van der Waals surface area (Å²) < 4.78 is 46.8. The number of amides is 2. The van der Waals surface area contributed by atoms with Gasteiger partial charge in [0.2, 0.25) is 0 Å². The number of urea groups is 1. The second-order valence-electron chi connectivity index (χ2n) is 7.59. The van der Waals surface area contributed by atoms with Crippen LogP contribution >= 0.6 is 0 Å². The molecule has 11 heteroatoms. The van der Waals surface area contributed by atoms with Crippen molar-refractivity contribution in [3.8, 4) is 0 Å². The van der Waals surface area contributed by atoms with Gasteiger partial charge in [-0.2, -0.15) is 8.42 Å². The maximum atomic E-state index is 14.3. The molecule has 0 aliphatic rings. The number of nitrogens with one attached hydrogen (secondary N) is 2. The molecule has 2 amide bonds. The second kappa shape index (κ2) is 9.09. The molecule has 1 aromatic heterocycles. The lowest BCUT2D eigenvalue weighted by atomic mass is 10.2. The molecule has 0 radical (unpaired) electrons. The molecule has 0 fully saturated rings. The molecule has 0 saturated heterocycles. The van der Waals surface area contributed by atoms with E-state index in [1.54, 1.807) is 0 Å². The monoisotopic (exact) mass is 421 g/mol. The van der Waals surface area contributed by atoms with Gasteiger partial charge in [0.25, 0.3) is 10.1 Å². The van der Waals surface area contributed by atoms with Crippen molar-refractivity contribution in [3.63, 3.8) is 0 Å². The van der Waals surface area contributed by atoms with Crippen molar-refractivity contribution in [3.05, 3.63) is 23.6 Å². The molecule has 1 heterocycles. The molecule has 0 aliphatic heterocycles. The number of halogens is 1. The highest BCUT2D eigenvalue weighted by Gasteiger charge is 2.36.